The largest absolute Gasteiger partial charge is 0.484 e. The summed E-state index contributed by atoms with van der Waals surface area (Å²) in [6.45, 7) is 0.368. The molecule has 0 bridgehead atoms. The fourth-order valence-electron chi connectivity index (χ4n) is 0.985. The molecule has 4 heteroatoms. The van der Waals surface area contributed by atoms with Crippen molar-refractivity contribution in [1.29, 1.82) is 0 Å². The standard InChI is InChI=1S/C10H9N3O/c1-3-9(7-11-4-1)14-8-10-12-5-2-6-13-10/h1-7H,8H2. The smallest absolute Gasteiger partial charge is 0.166 e. The van der Waals surface area contributed by atoms with E-state index in [0.29, 0.717) is 12.4 Å². The average Bonchev–Trinajstić information content (AvgIpc) is 2.29. The van der Waals surface area contributed by atoms with Crippen molar-refractivity contribution in [2.45, 2.75) is 6.61 Å². The van der Waals surface area contributed by atoms with Crippen molar-refractivity contribution in [1.82, 2.24) is 15.0 Å². The van der Waals surface area contributed by atoms with Gasteiger partial charge in [0.1, 0.15) is 12.4 Å². The van der Waals surface area contributed by atoms with E-state index in [2.05, 4.69) is 15.0 Å². The van der Waals surface area contributed by atoms with E-state index in [-0.39, 0.29) is 0 Å². The van der Waals surface area contributed by atoms with Gasteiger partial charge in [0, 0.05) is 18.6 Å². The maximum atomic E-state index is 5.40. The summed E-state index contributed by atoms with van der Waals surface area (Å²) in [5, 5.41) is 0. The molecule has 0 unspecified atom stereocenters. The summed E-state index contributed by atoms with van der Waals surface area (Å²) in [5.74, 6) is 1.39. The molecule has 0 saturated heterocycles. The van der Waals surface area contributed by atoms with Gasteiger partial charge in [-0.1, -0.05) is 0 Å². The Kier molecular flexibility index (Phi) is 2.66. The summed E-state index contributed by atoms with van der Waals surface area (Å²) in [4.78, 5) is 12.0. The van der Waals surface area contributed by atoms with Crippen LogP contribution in [0.1, 0.15) is 5.82 Å². The van der Waals surface area contributed by atoms with Gasteiger partial charge >= 0.3 is 0 Å². The van der Waals surface area contributed by atoms with Gasteiger partial charge < -0.3 is 4.74 Å². The van der Waals surface area contributed by atoms with Crippen LogP contribution in [0.15, 0.2) is 43.0 Å². The molecular formula is C10H9N3O. The topological polar surface area (TPSA) is 47.9 Å². The van der Waals surface area contributed by atoms with Gasteiger partial charge in [0.2, 0.25) is 0 Å². The first-order chi connectivity index (χ1) is 6.95. The van der Waals surface area contributed by atoms with Crippen LogP contribution < -0.4 is 4.74 Å². The lowest BCUT2D eigenvalue weighted by molar-refractivity contribution is 0.294. The number of hydrogen-bond donors (Lipinski definition) is 0. The maximum absolute atomic E-state index is 5.40. The Balaban J connectivity index is 1.96. The van der Waals surface area contributed by atoms with Crippen LogP contribution >= 0.6 is 0 Å². The molecule has 2 aromatic rings. The lowest BCUT2D eigenvalue weighted by Gasteiger charge is -2.02. The van der Waals surface area contributed by atoms with Gasteiger partial charge in [-0.2, -0.15) is 0 Å². The third kappa shape index (κ3) is 2.26. The first kappa shape index (κ1) is 8.62. The van der Waals surface area contributed by atoms with Crippen LogP contribution in [0.5, 0.6) is 5.75 Å². The van der Waals surface area contributed by atoms with Crippen molar-refractivity contribution in [3.8, 4) is 5.75 Å². The summed E-state index contributed by atoms with van der Waals surface area (Å²) in [6.07, 6.45) is 6.73. The van der Waals surface area contributed by atoms with Crippen molar-refractivity contribution in [2.75, 3.05) is 0 Å². The van der Waals surface area contributed by atoms with Gasteiger partial charge in [-0.15, -0.1) is 0 Å². The van der Waals surface area contributed by atoms with E-state index < -0.39 is 0 Å². The number of rotatable bonds is 3. The Bertz CT molecular complexity index is 338. The molecule has 0 aliphatic rings. The molecule has 2 aromatic heterocycles. The average molecular weight is 187 g/mol. The van der Waals surface area contributed by atoms with Crippen molar-refractivity contribution < 1.29 is 4.74 Å². The van der Waals surface area contributed by atoms with Crippen molar-refractivity contribution in [2.24, 2.45) is 0 Å². The van der Waals surface area contributed by atoms with E-state index >= 15 is 0 Å². The van der Waals surface area contributed by atoms with Crippen molar-refractivity contribution in [3.05, 3.63) is 48.8 Å². The van der Waals surface area contributed by atoms with Crippen LogP contribution in [0, 0.1) is 0 Å². The number of aromatic nitrogens is 3. The zero-order valence-electron chi connectivity index (χ0n) is 7.50. The molecule has 0 atom stereocenters. The zero-order valence-corrected chi connectivity index (χ0v) is 7.50. The number of nitrogens with zero attached hydrogens (tertiary/aromatic N) is 3. The Morgan fingerprint density at radius 1 is 1.07 bits per heavy atom. The molecular weight excluding hydrogens is 178 g/mol. The van der Waals surface area contributed by atoms with E-state index in [0.717, 1.165) is 5.75 Å². The van der Waals surface area contributed by atoms with Crippen LogP contribution in [0.3, 0.4) is 0 Å². The third-order valence-electron chi connectivity index (χ3n) is 1.62. The summed E-state index contributed by atoms with van der Waals surface area (Å²) in [5.41, 5.74) is 0. The maximum Gasteiger partial charge on any atom is 0.166 e. The summed E-state index contributed by atoms with van der Waals surface area (Å²) in [6, 6.07) is 5.44. The van der Waals surface area contributed by atoms with E-state index in [1.165, 1.54) is 0 Å². The summed E-state index contributed by atoms with van der Waals surface area (Å²) < 4.78 is 5.40. The molecule has 0 N–H and O–H groups in total. The van der Waals surface area contributed by atoms with E-state index in [1.807, 2.05) is 12.1 Å². The quantitative estimate of drug-likeness (QED) is 0.729. The van der Waals surface area contributed by atoms with Gasteiger partial charge in [0.15, 0.2) is 5.82 Å². The van der Waals surface area contributed by atoms with Gasteiger partial charge in [-0.3, -0.25) is 4.98 Å². The molecule has 0 spiro atoms. The monoisotopic (exact) mass is 187 g/mol. The predicted molar refractivity (Wildman–Crippen MR) is 50.6 cm³/mol. The molecule has 0 amide bonds. The zero-order chi connectivity index (χ0) is 9.64. The minimum atomic E-state index is 0.368. The Morgan fingerprint density at radius 2 is 1.93 bits per heavy atom. The fraction of sp³-hybridized carbons (Fsp3) is 0.100. The Morgan fingerprint density at radius 3 is 2.64 bits per heavy atom. The minimum absolute atomic E-state index is 0.368. The van der Waals surface area contributed by atoms with Crippen molar-refractivity contribution >= 4 is 0 Å². The Labute approximate surface area is 81.6 Å². The second-order valence-corrected chi connectivity index (χ2v) is 2.64. The molecule has 2 rings (SSSR count). The molecule has 4 nitrogen and oxygen atoms in total. The molecule has 0 aromatic carbocycles. The van der Waals surface area contributed by atoms with Crippen LogP contribution in [0.25, 0.3) is 0 Å². The van der Waals surface area contributed by atoms with Crippen LogP contribution in [-0.4, -0.2) is 15.0 Å². The van der Waals surface area contributed by atoms with Gasteiger partial charge in [-0.05, 0) is 18.2 Å². The second kappa shape index (κ2) is 4.32. The molecule has 0 aliphatic heterocycles. The molecule has 0 radical (unpaired) electrons. The highest BCUT2D eigenvalue weighted by atomic mass is 16.5. The lowest BCUT2D eigenvalue weighted by Crippen LogP contribution is -2.00. The number of hydrogen-bond acceptors (Lipinski definition) is 4. The molecule has 70 valence electrons. The first-order valence-electron chi connectivity index (χ1n) is 4.24. The van der Waals surface area contributed by atoms with E-state index in [9.17, 15) is 0 Å². The highest BCUT2D eigenvalue weighted by Gasteiger charge is 1.95. The third-order valence-corrected chi connectivity index (χ3v) is 1.62. The first-order valence-corrected chi connectivity index (χ1v) is 4.24. The SMILES string of the molecule is c1cnc(COc2cccnc2)nc1. The fourth-order valence-corrected chi connectivity index (χ4v) is 0.985. The number of pyridine rings is 1. The van der Waals surface area contributed by atoms with Crippen LogP contribution in [0.4, 0.5) is 0 Å². The van der Waals surface area contributed by atoms with E-state index in [1.54, 1.807) is 30.9 Å². The molecule has 2 heterocycles. The number of ether oxygens (including phenoxy) is 1. The van der Waals surface area contributed by atoms with Crippen LogP contribution in [-0.2, 0) is 6.61 Å². The van der Waals surface area contributed by atoms with Gasteiger partial charge in [-0.25, -0.2) is 9.97 Å². The molecule has 14 heavy (non-hydrogen) atoms. The lowest BCUT2D eigenvalue weighted by atomic mass is 10.5. The highest BCUT2D eigenvalue weighted by molar-refractivity contribution is 5.15. The predicted octanol–water partition coefficient (Wildman–Crippen LogP) is 1.45. The second-order valence-electron chi connectivity index (χ2n) is 2.64. The van der Waals surface area contributed by atoms with Gasteiger partial charge in [0.05, 0.1) is 6.20 Å². The molecule has 0 aliphatic carbocycles. The summed E-state index contributed by atoms with van der Waals surface area (Å²) >= 11 is 0. The molecule has 0 fully saturated rings. The normalized spacial score (nSPS) is 9.71. The highest BCUT2D eigenvalue weighted by Crippen LogP contribution is 2.07. The van der Waals surface area contributed by atoms with E-state index in [4.69, 9.17) is 4.74 Å². The van der Waals surface area contributed by atoms with Gasteiger partial charge in [0.25, 0.3) is 0 Å². The van der Waals surface area contributed by atoms with Crippen molar-refractivity contribution in [3.63, 3.8) is 0 Å². The molecule has 0 saturated carbocycles. The minimum Gasteiger partial charge on any atom is -0.484 e. The summed E-state index contributed by atoms with van der Waals surface area (Å²) in [7, 11) is 0. The Hall–Kier alpha value is -1.97. The van der Waals surface area contributed by atoms with Crippen LogP contribution in [0.2, 0.25) is 0 Å².